The first-order chi connectivity index (χ1) is 11.0. The monoisotopic (exact) mass is 330 g/mol. The first-order valence-electron chi connectivity index (χ1n) is 7.97. The highest BCUT2D eigenvalue weighted by atomic mass is 19.3. The van der Waals surface area contributed by atoms with Gasteiger partial charge in [0.1, 0.15) is 24.8 Å². The summed E-state index contributed by atoms with van der Waals surface area (Å²) in [5.74, 6) is -2.56. The third kappa shape index (κ3) is 2.86. The fourth-order valence-electron chi connectivity index (χ4n) is 3.74. The highest BCUT2D eigenvalue weighted by Gasteiger charge is 2.52. The van der Waals surface area contributed by atoms with Gasteiger partial charge in [-0.1, -0.05) is 0 Å². The molecule has 2 N–H and O–H groups in total. The first-order valence-corrected chi connectivity index (χ1v) is 7.97. The molecule has 2 bridgehead atoms. The van der Waals surface area contributed by atoms with Gasteiger partial charge in [-0.15, -0.1) is 0 Å². The van der Waals surface area contributed by atoms with E-state index in [1.165, 1.54) is 17.3 Å². The van der Waals surface area contributed by atoms with E-state index in [4.69, 9.17) is 9.47 Å². The lowest BCUT2D eigenvalue weighted by molar-refractivity contribution is -0.170. The van der Waals surface area contributed by atoms with Crippen LogP contribution in [0.25, 0.3) is 0 Å². The SMILES string of the molecule is OC1C(NC2CCC(F)(F)CC2)C2COC(O2)C1n1cncn1. The number of ether oxygens (including phenoxy) is 2. The molecule has 7 nitrogen and oxygen atoms in total. The summed E-state index contributed by atoms with van der Waals surface area (Å²) in [5.41, 5.74) is 0. The number of nitrogens with zero attached hydrogens (tertiary/aromatic N) is 3. The molecule has 9 heteroatoms. The number of hydrogen-bond donors (Lipinski definition) is 2. The number of nitrogens with one attached hydrogen (secondary N) is 1. The Bertz CT molecular complexity index is 534. The molecule has 2 aliphatic heterocycles. The van der Waals surface area contributed by atoms with Crippen molar-refractivity contribution in [3.05, 3.63) is 12.7 Å². The highest BCUT2D eigenvalue weighted by molar-refractivity contribution is 5.01. The maximum atomic E-state index is 13.3. The molecule has 2 saturated heterocycles. The molecule has 0 aromatic carbocycles. The molecule has 1 aromatic heterocycles. The minimum absolute atomic E-state index is 0.0496. The molecule has 23 heavy (non-hydrogen) atoms. The number of alkyl halides is 2. The van der Waals surface area contributed by atoms with Crippen LogP contribution in [-0.2, 0) is 9.47 Å². The molecule has 1 saturated carbocycles. The van der Waals surface area contributed by atoms with E-state index in [2.05, 4.69) is 15.4 Å². The number of aromatic nitrogens is 3. The molecule has 128 valence electrons. The summed E-state index contributed by atoms with van der Waals surface area (Å²) in [4.78, 5) is 3.90. The van der Waals surface area contributed by atoms with Gasteiger partial charge < -0.3 is 19.9 Å². The zero-order valence-corrected chi connectivity index (χ0v) is 12.5. The van der Waals surface area contributed by atoms with Gasteiger partial charge in [-0.2, -0.15) is 5.10 Å². The fourth-order valence-corrected chi connectivity index (χ4v) is 3.74. The highest BCUT2D eigenvalue weighted by Crippen LogP contribution is 2.37. The summed E-state index contributed by atoms with van der Waals surface area (Å²) in [7, 11) is 0. The van der Waals surface area contributed by atoms with E-state index in [0.29, 0.717) is 19.4 Å². The van der Waals surface area contributed by atoms with Crippen molar-refractivity contribution < 1.29 is 23.4 Å². The van der Waals surface area contributed by atoms with Gasteiger partial charge in [0.05, 0.1) is 18.8 Å². The third-order valence-corrected chi connectivity index (χ3v) is 5.02. The average molecular weight is 330 g/mol. The maximum Gasteiger partial charge on any atom is 0.248 e. The van der Waals surface area contributed by atoms with Crippen LogP contribution >= 0.6 is 0 Å². The van der Waals surface area contributed by atoms with Crippen molar-refractivity contribution >= 4 is 0 Å². The van der Waals surface area contributed by atoms with E-state index in [1.807, 2.05) is 0 Å². The van der Waals surface area contributed by atoms with Gasteiger partial charge in [0.15, 0.2) is 6.29 Å². The molecular formula is C14H20F2N4O3. The summed E-state index contributed by atoms with van der Waals surface area (Å²) in [6, 6.07) is -0.926. The van der Waals surface area contributed by atoms with Crippen molar-refractivity contribution in [1.29, 1.82) is 0 Å². The van der Waals surface area contributed by atoms with Crippen LogP contribution in [0.1, 0.15) is 31.7 Å². The zero-order chi connectivity index (χ0) is 16.0. The third-order valence-electron chi connectivity index (χ3n) is 5.02. The largest absolute Gasteiger partial charge is 0.389 e. The normalized spacial score (nSPS) is 40.4. The summed E-state index contributed by atoms with van der Waals surface area (Å²) < 4.78 is 39.5. The topological polar surface area (TPSA) is 81.4 Å². The van der Waals surface area contributed by atoms with E-state index in [-0.39, 0.29) is 31.0 Å². The van der Waals surface area contributed by atoms with Gasteiger partial charge in [0.25, 0.3) is 0 Å². The molecule has 3 fully saturated rings. The van der Waals surface area contributed by atoms with Gasteiger partial charge >= 0.3 is 0 Å². The van der Waals surface area contributed by atoms with Crippen molar-refractivity contribution in [3.8, 4) is 0 Å². The molecule has 1 aliphatic carbocycles. The molecule has 3 aliphatic rings. The molecule has 3 heterocycles. The Hall–Kier alpha value is -1.16. The predicted molar refractivity (Wildman–Crippen MR) is 73.8 cm³/mol. The number of aliphatic hydroxyl groups is 1. The second-order valence-electron chi connectivity index (χ2n) is 6.56. The number of aliphatic hydroxyl groups excluding tert-OH is 1. The zero-order valence-electron chi connectivity index (χ0n) is 12.5. The van der Waals surface area contributed by atoms with Crippen molar-refractivity contribution in [2.24, 2.45) is 0 Å². The number of hydrogen-bond acceptors (Lipinski definition) is 6. The lowest BCUT2D eigenvalue weighted by atomic mass is 9.89. The fraction of sp³-hybridized carbons (Fsp3) is 0.857. The molecule has 0 amide bonds. The second-order valence-corrected chi connectivity index (χ2v) is 6.56. The van der Waals surface area contributed by atoms with Crippen molar-refractivity contribution in [1.82, 2.24) is 20.1 Å². The van der Waals surface area contributed by atoms with Crippen LogP contribution < -0.4 is 5.32 Å². The van der Waals surface area contributed by atoms with Crippen LogP contribution in [0.15, 0.2) is 12.7 Å². The number of halogens is 2. The quantitative estimate of drug-likeness (QED) is 0.839. The van der Waals surface area contributed by atoms with E-state index in [0.717, 1.165) is 0 Å². The molecular weight excluding hydrogens is 310 g/mol. The van der Waals surface area contributed by atoms with Gasteiger partial charge in [-0.05, 0) is 12.8 Å². The Kier molecular flexibility index (Phi) is 3.83. The smallest absolute Gasteiger partial charge is 0.248 e. The van der Waals surface area contributed by atoms with Gasteiger partial charge in [-0.3, -0.25) is 0 Å². The standard InChI is InChI=1S/C14H20F2N4O3/c15-14(16)3-1-8(2-4-14)19-10-9-5-22-13(23-9)11(12(10)21)20-7-17-6-18-20/h6-13,19,21H,1-5H2. The molecule has 4 rings (SSSR count). The van der Waals surface area contributed by atoms with E-state index < -0.39 is 24.4 Å². The van der Waals surface area contributed by atoms with Crippen LogP contribution in [0.2, 0.25) is 0 Å². The molecule has 1 aromatic rings. The Morgan fingerprint density at radius 3 is 2.78 bits per heavy atom. The maximum absolute atomic E-state index is 13.3. The van der Waals surface area contributed by atoms with Crippen LogP contribution in [-0.4, -0.2) is 63.0 Å². The Balaban J connectivity index is 1.47. The minimum atomic E-state index is -2.56. The summed E-state index contributed by atoms with van der Waals surface area (Å²) in [6.07, 6.45) is 1.81. The van der Waals surface area contributed by atoms with E-state index in [1.54, 1.807) is 0 Å². The van der Waals surface area contributed by atoms with Gasteiger partial charge in [0.2, 0.25) is 5.92 Å². The van der Waals surface area contributed by atoms with Crippen molar-refractivity contribution in [3.63, 3.8) is 0 Å². The summed E-state index contributed by atoms with van der Waals surface area (Å²) in [6.45, 7) is 0.369. The van der Waals surface area contributed by atoms with Crippen molar-refractivity contribution in [2.75, 3.05) is 6.61 Å². The van der Waals surface area contributed by atoms with Crippen LogP contribution in [0.5, 0.6) is 0 Å². The molecule has 5 atom stereocenters. The Labute approximate surface area is 132 Å². The summed E-state index contributed by atoms with van der Waals surface area (Å²) >= 11 is 0. The van der Waals surface area contributed by atoms with E-state index >= 15 is 0 Å². The van der Waals surface area contributed by atoms with Gasteiger partial charge in [0, 0.05) is 18.9 Å². The minimum Gasteiger partial charge on any atom is -0.389 e. The molecule has 0 radical (unpaired) electrons. The van der Waals surface area contributed by atoms with Gasteiger partial charge in [-0.25, -0.2) is 18.4 Å². The lowest BCUT2D eigenvalue weighted by Gasteiger charge is -2.41. The lowest BCUT2D eigenvalue weighted by Crippen LogP contribution is -2.60. The van der Waals surface area contributed by atoms with Crippen LogP contribution in [0.4, 0.5) is 8.78 Å². The van der Waals surface area contributed by atoms with Crippen LogP contribution in [0, 0.1) is 0 Å². The average Bonchev–Trinajstić information content (AvgIpc) is 3.17. The van der Waals surface area contributed by atoms with Crippen LogP contribution in [0.3, 0.4) is 0 Å². The Morgan fingerprint density at radius 1 is 1.30 bits per heavy atom. The predicted octanol–water partition coefficient (Wildman–Crippen LogP) is 0.471. The number of fused-ring (bicyclic) bond motifs is 2. The first kappa shape index (κ1) is 15.4. The molecule has 5 unspecified atom stereocenters. The van der Waals surface area contributed by atoms with Crippen molar-refractivity contribution in [2.45, 2.75) is 68.2 Å². The van der Waals surface area contributed by atoms with E-state index in [9.17, 15) is 13.9 Å². The second kappa shape index (κ2) is 5.73. The number of rotatable bonds is 3. The Morgan fingerprint density at radius 2 is 2.09 bits per heavy atom. The molecule has 0 spiro atoms. The summed E-state index contributed by atoms with van der Waals surface area (Å²) in [5, 5.41) is 18.1.